The minimum absolute atomic E-state index is 0.0122. The number of aliphatic hydroxyl groups is 1. The molecule has 2 aromatic heterocycles. The zero-order valence-electron chi connectivity index (χ0n) is 24.3. The average molecular weight is 599 g/mol. The molecule has 1 amide bonds. The maximum Gasteiger partial charge on any atom is 0.345 e. The molecule has 4 aromatic rings. The van der Waals surface area contributed by atoms with Gasteiger partial charge in [-0.1, -0.05) is 66.7 Å². The fraction of sp³-hybridized carbons (Fsp3) is 0.273. The van der Waals surface area contributed by atoms with Crippen LogP contribution in [0.2, 0.25) is 0 Å². The van der Waals surface area contributed by atoms with Gasteiger partial charge in [-0.3, -0.25) is 19.0 Å². The number of esters is 1. The van der Waals surface area contributed by atoms with Gasteiger partial charge < -0.3 is 19.9 Å². The summed E-state index contributed by atoms with van der Waals surface area (Å²) in [6.45, 7) is 1.37. The smallest absolute Gasteiger partial charge is 0.345 e. The standard InChI is InChI=1S/C33H34N4O7/c1-2-43-33(42)25-21-35-31(24-14-7-4-8-15-24)37(32(25)41)22-28(39)36-26(20-23-12-5-3-6-13-23)30(40)27(38)16-11-19-44-29-17-9-10-18-34-29/h3-10,12-15,17-18,21,26,30,40H,2,11,16,19-20,22H2,1H3,(H,36,39). The van der Waals surface area contributed by atoms with Crippen LogP contribution in [0.25, 0.3) is 11.4 Å². The SMILES string of the molecule is CCOC(=O)c1cnc(-c2ccccc2)n(CC(=O)NC(Cc2ccccc2)C(O)C(=O)CCCOc2ccccn2)c1=O. The first kappa shape index (κ1) is 31.8. The molecule has 2 heterocycles. The van der Waals surface area contributed by atoms with Crippen molar-refractivity contribution in [3.8, 4) is 17.3 Å². The number of carbonyl (C=O) groups excluding carboxylic acids is 3. The Hall–Kier alpha value is -5.16. The lowest BCUT2D eigenvalue weighted by Gasteiger charge is -2.24. The summed E-state index contributed by atoms with van der Waals surface area (Å²) in [6, 6.07) is 22.1. The van der Waals surface area contributed by atoms with Gasteiger partial charge in [0, 0.05) is 30.4 Å². The van der Waals surface area contributed by atoms with Crippen LogP contribution in [0.4, 0.5) is 0 Å². The number of hydrogen-bond donors (Lipinski definition) is 2. The van der Waals surface area contributed by atoms with Crippen molar-refractivity contribution in [1.82, 2.24) is 19.9 Å². The van der Waals surface area contributed by atoms with Crippen molar-refractivity contribution < 1.29 is 29.0 Å². The van der Waals surface area contributed by atoms with Gasteiger partial charge in [-0.15, -0.1) is 0 Å². The van der Waals surface area contributed by atoms with Gasteiger partial charge in [-0.2, -0.15) is 0 Å². The molecule has 2 aromatic carbocycles. The molecular formula is C33H34N4O7. The van der Waals surface area contributed by atoms with E-state index in [1.807, 2.05) is 30.3 Å². The summed E-state index contributed by atoms with van der Waals surface area (Å²) in [5, 5.41) is 13.8. The summed E-state index contributed by atoms with van der Waals surface area (Å²) in [5.74, 6) is -1.37. The second-order valence-corrected chi connectivity index (χ2v) is 9.87. The Balaban J connectivity index is 1.52. The molecule has 2 unspecified atom stereocenters. The number of ether oxygens (including phenoxy) is 2. The molecule has 0 bridgehead atoms. The van der Waals surface area contributed by atoms with E-state index in [0.717, 1.165) is 16.3 Å². The Morgan fingerprint density at radius 1 is 0.955 bits per heavy atom. The summed E-state index contributed by atoms with van der Waals surface area (Å²) in [4.78, 5) is 60.7. The molecule has 0 fully saturated rings. The number of Topliss-reactive ketones (excluding diaryl/α,β-unsaturated/α-hetero) is 1. The molecule has 0 aliphatic rings. The van der Waals surface area contributed by atoms with Crippen LogP contribution in [0.5, 0.6) is 5.88 Å². The number of aliphatic hydroxyl groups excluding tert-OH is 1. The third-order valence-corrected chi connectivity index (χ3v) is 6.69. The first-order chi connectivity index (χ1) is 21.4. The minimum Gasteiger partial charge on any atom is -0.478 e. The van der Waals surface area contributed by atoms with E-state index < -0.39 is 41.9 Å². The van der Waals surface area contributed by atoms with Crippen LogP contribution in [0, 0.1) is 0 Å². The second-order valence-electron chi connectivity index (χ2n) is 9.87. The van der Waals surface area contributed by atoms with Crippen LogP contribution in [0.15, 0.2) is 96.1 Å². The number of pyridine rings is 1. The summed E-state index contributed by atoms with van der Waals surface area (Å²) < 4.78 is 11.6. The quantitative estimate of drug-likeness (QED) is 0.156. The lowest BCUT2D eigenvalue weighted by molar-refractivity contribution is -0.130. The van der Waals surface area contributed by atoms with Crippen LogP contribution in [-0.2, 0) is 27.3 Å². The minimum atomic E-state index is -1.52. The Morgan fingerprint density at radius 3 is 2.34 bits per heavy atom. The maximum atomic E-state index is 13.4. The molecule has 11 nitrogen and oxygen atoms in total. The molecule has 228 valence electrons. The van der Waals surface area contributed by atoms with Gasteiger partial charge >= 0.3 is 5.97 Å². The Bertz CT molecular complexity index is 1600. The van der Waals surface area contributed by atoms with Crippen molar-refractivity contribution >= 4 is 17.7 Å². The predicted molar refractivity (Wildman–Crippen MR) is 162 cm³/mol. The molecule has 2 atom stereocenters. The molecule has 2 N–H and O–H groups in total. The number of rotatable bonds is 15. The number of hydrogen-bond acceptors (Lipinski definition) is 9. The molecule has 0 saturated carbocycles. The predicted octanol–water partition coefficient (Wildman–Crippen LogP) is 3.00. The van der Waals surface area contributed by atoms with E-state index >= 15 is 0 Å². The lowest BCUT2D eigenvalue weighted by Crippen LogP contribution is -2.50. The number of ketones is 1. The van der Waals surface area contributed by atoms with E-state index in [9.17, 15) is 24.3 Å². The van der Waals surface area contributed by atoms with Gasteiger partial charge in [-0.25, -0.2) is 14.8 Å². The van der Waals surface area contributed by atoms with Crippen molar-refractivity contribution in [3.63, 3.8) is 0 Å². The van der Waals surface area contributed by atoms with Gasteiger partial charge in [0.2, 0.25) is 11.8 Å². The van der Waals surface area contributed by atoms with Gasteiger partial charge in [-0.05, 0) is 31.4 Å². The summed E-state index contributed by atoms with van der Waals surface area (Å²) in [7, 11) is 0. The molecular weight excluding hydrogens is 564 g/mol. The zero-order chi connectivity index (χ0) is 31.3. The Labute approximate surface area is 254 Å². The second kappa shape index (κ2) is 15.9. The molecule has 0 saturated heterocycles. The Kier molecular flexibility index (Phi) is 11.5. The van der Waals surface area contributed by atoms with E-state index in [1.54, 1.807) is 61.7 Å². The van der Waals surface area contributed by atoms with E-state index in [2.05, 4.69) is 15.3 Å². The van der Waals surface area contributed by atoms with Crippen LogP contribution in [-0.4, -0.2) is 62.7 Å². The molecule has 4 rings (SSSR count). The van der Waals surface area contributed by atoms with E-state index in [1.165, 1.54) is 0 Å². The molecule has 0 aliphatic carbocycles. The largest absolute Gasteiger partial charge is 0.478 e. The van der Waals surface area contributed by atoms with Crippen molar-refractivity contribution in [2.24, 2.45) is 0 Å². The number of benzene rings is 2. The van der Waals surface area contributed by atoms with Crippen molar-refractivity contribution in [1.29, 1.82) is 0 Å². The van der Waals surface area contributed by atoms with Gasteiger partial charge in [0.15, 0.2) is 5.78 Å². The number of carbonyl (C=O) groups is 3. The third kappa shape index (κ3) is 8.68. The van der Waals surface area contributed by atoms with Crippen LogP contribution in [0.1, 0.15) is 35.7 Å². The highest BCUT2D eigenvalue weighted by molar-refractivity contribution is 5.89. The summed E-state index contributed by atoms with van der Waals surface area (Å²) in [5.41, 5.74) is 0.271. The maximum absolute atomic E-state index is 13.4. The zero-order valence-corrected chi connectivity index (χ0v) is 24.3. The number of aromatic nitrogens is 3. The van der Waals surface area contributed by atoms with E-state index in [0.29, 0.717) is 17.9 Å². The average Bonchev–Trinajstić information content (AvgIpc) is 3.04. The fourth-order valence-electron chi connectivity index (χ4n) is 4.54. The highest BCUT2D eigenvalue weighted by Crippen LogP contribution is 2.16. The number of nitrogens with zero attached hydrogens (tertiary/aromatic N) is 3. The van der Waals surface area contributed by atoms with Crippen LogP contribution >= 0.6 is 0 Å². The fourth-order valence-corrected chi connectivity index (χ4v) is 4.54. The molecule has 0 spiro atoms. The Morgan fingerprint density at radius 2 is 1.66 bits per heavy atom. The van der Waals surface area contributed by atoms with E-state index in [-0.39, 0.29) is 37.4 Å². The van der Waals surface area contributed by atoms with Crippen LogP contribution in [0.3, 0.4) is 0 Å². The number of nitrogens with one attached hydrogen (secondary N) is 1. The highest BCUT2D eigenvalue weighted by Gasteiger charge is 2.28. The van der Waals surface area contributed by atoms with Crippen molar-refractivity contribution in [2.75, 3.05) is 13.2 Å². The highest BCUT2D eigenvalue weighted by atomic mass is 16.5. The van der Waals surface area contributed by atoms with Gasteiger partial charge in [0.1, 0.15) is 24.0 Å². The third-order valence-electron chi connectivity index (χ3n) is 6.69. The normalized spacial score (nSPS) is 12.1. The molecule has 11 heteroatoms. The molecule has 0 radical (unpaired) electrons. The van der Waals surface area contributed by atoms with Gasteiger partial charge in [0.25, 0.3) is 5.56 Å². The first-order valence-electron chi connectivity index (χ1n) is 14.3. The van der Waals surface area contributed by atoms with E-state index in [4.69, 9.17) is 9.47 Å². The summed E-state index contributed by atoms with van der Waals surface area (Å²) in [6.07, 6.45) is 1.71. The monoisotopic (exact) mass is 598 g/mol. The number of amides is 1. The first-order valence-corrected chi connectivity index (χ1v) is 14.3. The lowest BCUT2D eigenvalue weighted by atomic mass is 9.96. The van der Waals surface area contributed by atoms with Crippen molar-refractivity contribution in [2.45, 2.75) is 44.9 Å². The molecule has 44 heavy (non-hydrogen) atoms. The van der Waals surface area contributed by atoms with Crippen molar-refractivity contribution in [3.05, 3.63) is 113 Å². The summed E-state index contributed by atoms with van der Waals surface area (Å²) >= 11 is 0. The topological polar surface area (TPSA) is 150 Å². The molecule has 0 aliphatic heterocycles. The van der Waals surface area contributed by atoms with Crippen LogP contribution < -0.4 is 15.6 Å². The van der Waals surface area contributed by atoms with Gasteiger partial charge in [0.05, 0.1) is 19.3 Å².